The minimum atomic E-state index is -3.46. The Hall–Kier alpha value is -0.430. The molecule has 0 atom stereocenters. The first kappa shape index (κ1) is 13.6. The zero-order valence-electron chi connectivity index (χ0n) is 9.65. The van der Waals surface area contributed by atoms with Gasteiger partial charge in [0.25, 0.3) is 10.0 Å². The number of rotatable bonds is 5. The third kappa shape index (κ3) is 3.55. The number of thiophene rings is 1. The Morgan fingerprint density at radius 1 is 1.44 bits per heavy atom. The number of aliphatic hydroxyl groups excluding tert-OH is 1. The van der Waals surface area contributed by atoms with E-state index in [9.17, 15) is 8.42 Å². The van der Waals surface area contributed by atoms with E-state index >= 15 is 0 Å². The monoisotopic (exact) mass is 263 g/mol. The Kier molecular flexibility index (Phi) is 4.12. The zero-order valence-corrected chi connectivity index (χ0v) is 11.3. The second kappa shape index (κ2) is 4.83. The lowest BCUT2D eigenvalue weighted by molar-refractivity contribution is 0.246. The Balaban J connectivity index is 2.88. The predicted molar refractivity (Wildman–Crippen MR) is 65.2 cm³/mol. The minimum absolute atomic E-state index is 0.0427. The summed E-state index contributed by atoms with van der Waals surface area (Å²) in [5.74, 6) is 0. The fraction of sp³-hybridized carbons (Fsp3) is 0.600. The fourth-order valence-electron chi connectivity index (χ4n) is 1.30. The van der Waals surface area contributed by atoms with Crippen molar-refractivity contribution in [2.45, 2.75) is 36.9 Å². The van der Waals surface area contributed by atoms with Crippen molar-refractivity contribution in [3.05, 3.63) is 17.0 Å². The maximum absolute atomic E-state index is 12.0. The molecule has 0 saturated carbocycles. The van der Waals surface area contributed by atoms with Gasteiger partial charge in [0.2, 0.25) is 0 Å². The van der Waals surface area contributed by atoms with Crippen LogP contribution in [0.4, 0.5) is 0 Å². The molecule has 2 N–H and O–H groups in total. The second-order valence-corrected chi connectivity index (χ2v) is 7.53. The van der Waals surface area contributed by atoms with Crippen molar-refractivity contribution in [3.63, 3.8) is 0 Å². The first-order valence-corrected chi connectivity index (χ1v) is 7.28. The van der Waals surface area contributed by atoms with E-state index in [0.29, 0.717) is 10.6 Å². The van der Waals surface area contributed by atoms with E-state index < -0.39 is 15.6 Å². The van der Waals surface area contributed by atoms with Crippen LogP contribution in [0.5, 0.6) is 0 Å². The smallest absolute Gasteiger partial charge is 0.250 e. The molecule has 16 heavy (non-hydrogen) atoms. The van der Waals surface area contributed by atoms with Gasteiger partial charge in [-0.3, -0.25) is 0 Å². The summed E-state index contributed by atoms with van der Waals surface area (Å²) in [5.41, 5.74) is -0.633. The van der Waals surface area contributed by atoms with Crippen molar-refractivity contribution in [2.24, 2.45) is 0 Å². The molecule has 1 heterocycles. The van der Waals surface area contributed by atoms with Gasteiger partial charge in [0.05, 0.1) is 0 Å². The summed E-state index contributed by atoms with van der Waals surface area (Å²) in [6.07, 6.45) is 0.386. The maximum Gasteiger partial charge on any atom is 0.250 e. The van der Waals surface area contributed by atoms with Gasteiger partial charge in [0.1, 0.15) is 4.21 Å². The normalized spacial score (nSPS) is 13.0. The number of aliphatic hydroxyl groups is 1. The topological polar surface area (TPSA) is 66.4 Å². The van der Waals surface area contributed by atoms with Crippen LogP contribution in [0.25, 0.3) is 0 Å². The number of hydrogen-bond acceptors (Lipinski definition) is 4. The van der Waals surface area contributed by atoms with Gasteiger partial charge >= 0.3 is 0 Å². The molecule has 0 spiro atoms. The molecule has 0 radical (unpaired) electrons. The summed E-state index contributed by atoms with van der Waals surface area (Å²) in [6.45, 7) is 5.32. The Morgan fingerprint density at radius 2 is 2.06 bits per heavy atom. The van der Waals surface area contributed by atoms with Crippen LogP contribution < -0.4 is 4.72 Å². The Morgan fingerprint density at radius 3 is 2.50 bits per heavy atom. The van der Waals surface area contributed by atoms with Gasteiger partial charge in [-0.2, -0.15) is 0 Å². The number of nitrogens with one attached hydrogen (secondary N) is 1. The highest BCUT2D eigenvalue weighted by atomic mass is 32.2. The van der Waals surface area contributed by atoms with Crippen LogP contribution in [0.15, 0.2) is 16.3 Å². The average Bonchev–Trinajstić information content (AvgIpc) is 2.49. The molecule has 0 saturated heterocycles. The van der Waals surface area contributed by atoms with Gasteiger partial charge in [0, 0.05) is 17.0 Å². The highest BCUT2D eigenvalue weighted by Crippen LogP contribution is 2.22. The van der Waals surface area contributed by atoms with Crippen molar-refractivity contribution < 1.29 is 13.5 Å². The first-order valence-electron chi connectivity index (χ1n) is 4.98. The van der Waals surface area contributed by atoms with Crippen molar-refractivity contribution in [1.29, 1.82) is 0 Å². The zero-order chi connectivity index (χ0) is 12.4. The van der Waals surface area contributed by atoms with Crippen LogP contribution in [0.3, 0.4) is 0 Å². The highest BCUT2D eigenvalue weighted by Gasteiger charge is 2.26. The molecule has 0 aromatic carbocycles. The fourth-order valence-corrected chi connectivity index (χ4v) is 4.03. The standard InChI is InChI=1S/C10H17NO3S2/c1-8-4-5-9(15-8)16(13,14)11-10(2,3)6-7-12/h4-5,11-12H,6-7H2,1-3H3. The molecule has 1 rings (SSSR count). The third-order valence-electron chi connectivity index (χ3n) is 2.13. The Bertz CT molecular complexity index is 448. The lowest BCUT2D eigenvalue weighted by Crippen LogP contribution is -2.43. The summed E-state index contributed by atoms with van der Waals surface area (Å²) < 4.78 is 26.8. The minimum Gasteiger partial charge on any atom is -0.396 e. The number of sulfonamides is 1. The molecular weight excluding hydrogens is 246 g/mol. The van der Waals surface area contributed by atoms with Gasteiger partial charge < -0.3 is 5.11 Å². The molecule has 4 nitrogen and oxygen atoms in total. The average molecular weight is 263 g/mol. The van der Waals surface area contributed by atoms with Crippen molar-refractivity contribution in [1.82, 2.24) is 4.72 Å². The van der Waals surface area contributed by atoms with Crippen LogP contribution >= 0.6 is 11.3 Å². The van der Waals surface area contributed by atoms with Crippen LogP contribution in [-0.4, -0.2) is 25.7 Å². The molecule has 0 aliphatic heterocycles. The van der Waals surface area contributed by atoms with Crippen LogP contribution in [0, 0.1) is 6.92 Å². The molecule has 92 valence electrons. The van der Waals surface area contributed by atoms with Crippen LogP contribution in [0.2, 0.25) is 0 Å². The quantitative estimate of drug-likeness (QED) is 0.846. The third-order valence-corrected chi connectivity index (χ3v) is 5.32. The second-order valence-electron chi connectivity index (χ2n) is 4.33. The van der Waals surface area contributed by atoms with E-state index in [0.717, 1.165) is 4.88 Å². The SMILES string of the molecule is Cc1ccc(S(=O)(=O)NC(C)(C)CCO)s1. The van der Waals surface area contributed by atoms with Gasteiger partial charge in [-0.05, 0) is 39.3 Å². The molecule has 1 aromatic rings. The molecule has 0 aliphatic rings. The van der Waals surface area contributed by atoms with Crippen LogP contribution in [0.1, 0.15) is 25.1 Å². The summed E-state index contributed by atoms with van der Waals surface area (Å²) in [5, 5.41) is 8.84. The summed E-state index contributed by atoms with van der Waals surface area (Å²) in [4.78, 5) is 0.959. The lowest BCUT2D eigenvalue weighted by Gasteiger charge is -2.24. The van der Waals surface area contributed by atoms with E-state index in [-0.39, 0.29) is 6.61 Å². The predicted octanol–water partition coefficient (Wildman–Crippen LogP) is 1.50. The van der Waals surface area contributed by atoms with E-state index in [4.69, 9.17) is 5.11 Å². The molecule has 1 aromatic heterocycles. The molecule has 0 unspecified atom stereocenters. The number of aryl methyl sites for hydroxylation is 1. The van der Waals surface area contributed by atoms with Crippen molar-refractivity contribution >= 4 is 21.4 Å². The van der Waals surface area contributed by atoms with Gasteiger partial charge in [-0.15, -0.1) is 11.3 Å². The molecule has 0 bridgehead atoms. The van der Waals surface area contributed by atoms with Gasteiger partial charge in [0.15, 0.2) is 0 Å². The molecule has 0 amide bonds. The van der Waals surface area contributed by atoms with Gasteiger partial charge in [-0.25, -0.2) is 13.1 Å². The molecule has 0 aliphatic carbocycles. The molecular formula is C10H17NO3S2. The van der Waals surface area contributed by atoms with E-state index in [1.807, 2.05) is 6.92 Å². The van der Waals surface area contributed by atoms with Crippen molar-refractivity contribution in [3.8, 4) is 0 Å². The number of hydrogen-bond donors (Lipinski definition) is 2. The molecule has 0 fully saturated rings. The van der Waals surface area contributed by atoms with Crippen molar-refractivity contribution in [2.75, 3.05) is 6.61 Å². The first-order chi connectivity index (χ1) is 7.27. The van der Waals surface area contributed by atoms with Gasteiger partial charge in [-0.1, -0.05) is 0 Å². The highest BCUT2D eigenvalue weighted by molar-refractivity contribution is 7.91. The summed E-state index contributed by atoms with van der Waals surface area (Å²) in [7, 11) is -3.46. The van der Waals surface area contributed by atoms with Crippen LogP contribution in [-0.2, 0) is 10.0 Å². The van der Waals surface area contributed by atoms with E-state index in [2.05, 4.69) is 4.72 Å². The summed E-state index contributed by atoms with van der Waals surface area (Å²) in [6, 6.07) is 3.37. The molecule has 6 heteroatoms. The summed E-state index contributed by atoms with van der Waals surface area (Å²) >= 11 is 1.24. The lowest BCUT2D eigenvalue weighted by atomic mass is 10.0. The van der Waals surface area contributed by atoms with E-state index in [1.165, 1.54) is 11.3 Å². The largest absolute Gasteiger partial charge is 0.396 e. The Labute approximate surface area is 100 Å². The van der Waals surface area contributed by atoms with E-state index in [1.54, 1.807) is 26.0 Å². The maximum atomic E-state index is 12.0.